The van der Waals surface area contributed by atoms with Crippen molar-refractivity contribution >= 4 is 27.7 Å². The van der Waals surface area contributed by atoms with Gasteiger partial charge in [0.05, 0.1) is 12.5 Å². The highest BCUT2D eigenvalue weighted by atomic mass is 79.9. The molecule has 0 atom stereocenters. The minimum absolute atomic E-state index is 0.0919. The van der Waals surface area contributed by atoms with Gasteiger partial charge in [0, 0.05) is 17.3 Å². The summed E-state index contributed by atoms with van der Waals surface area (Å²) in [6.45, 7) is 3.60. The lowest BCUT2D eigenvalue weighted by molar-refractivity contribution is -0.146. The maximum atomic E-state index is 11.7. The van der Waals surface area contributed by atoms with Crippen LogP contribution in [0.4, 0.5) is 0 Å². The number of ether oxygens (including phenoxy) is 1. The van der Waals surface area contributed by atoms with E-state index in [0.29, 0.717) is 17.3 Å². The number of halogens is 1. The maximum Gasteiger partial charge on any atom is 0.315 e. The van der Waals surface area contributed by atoms with Gasteiger partial charge in [0.15, 0.2) is 5.78 Å². The number of methoxy groups -OCH3 is 1. The molecule has 0 radical (unpaired) electrons. The summed E-state index contributed by atoms with van der Waals surface area (Å²) in [5.74, 6) is -0.198. The predicted octanol–water partition coefficient (Wildman–Crippen LogP) is 3.10. The largest absolute Gasteiger partial charge is 0.468 e. The minimum Gasteiger partial charge on any atom is -0.468 e. The zero-order chi connectivity index (χ0) is 13.8. The molecular formula is C14H17BrO3. The number of alkyl halides is 1. The molecule has 1 aromatic rings. The number of rotatable bonds is 5. The number of hydrogen-bond acceptors (Lipinski definition) is 3. The molecule has 0 bridgehead atoms. The summed E-state index contributed by atoms with van der Waals surface area (Å²) in [5.41, 5.74) is 0.801. The van der Waals surface area contributed by atoms with Gasteiger partial charge in [0.1, 0.15) is 0 Å². The molecule has 0 saturated heterocycles. The molecule has 0 saturated carbocycles. The second-order valence-electron chi connectivity index (χ2n) is 4.56. The van der Waals surface area contributed by atoms with Crippen LogP contribution < -0.4 is 0 Å². The molecule has 3 nitrogen and oxygen atoms in total. The Bertz CT molecular complexity index is 435. The van der Waals surface area contributed by atoms with E-state index in [1.54, 1.807) is 38.1 Å². The van der Waals surface area contributed by atoms with Crippen molar-refractivity contribution < 1.29 is 14.3 Å². The molecule has 1 rings (SSSR count). The Morgan fingerprint density at radius 2 is 1.78 bits per heavy atom. The molecule has 0 spiro atoms. The van der Waals surface area contributed by atoms with E-state index in [-0.39, 0.29) is 11.8 Å². The first-order valence-corrected chi connectivity index (χ1v) is 6.83. The zero-order valence-electron chi connectivity index (χ0n) is 10.8. The molecule has 0 fully saturated rings. The highest BCUT2D eigenvalue weighted by Crippen LogP contribution is 2.25. The molecule has 18 heavy (non-hydrogen) atoms. The van der Waals surface area contributed by atoms with Crippen molar-refractivity contribution in [2.45, 2.75) is 25.7 Å². The first-order chi connectivity index (χ1) is 8.43. The second-order valence-corrected chi connectivity index (χ2v) is 5.35. The fraction of sp³-hybridized carbons (Fsp3) is 0.429. The Morgan fingerprint density at radius 3 is 2.22 bits per heavy atom. The van der Waals surface area contributed by atoms with E-state index in [4.69, 9.17) is 4.74 Å². The highest BCUT2D eigenvalue weighted by Gasteiger charge is 2.30. The smallest absolute Gasteiger partial charge is 0.315 e. The molecule has 0 heterocycles. The van der Waals surface area contributed by atoms with Crippen molar-refractivity contribution in [3.05, 3.63) is 35.4 Å². The number of carbonyl (C=O) groups is 2. The molecular weight excluding hydrogens is 296 g/mol. The van der Waals surface area contributed by atoms with Crippen molar-refractivity contribution in [1.29, 1.82) is 0 Å². The van der Waals surface area contributed by atoms with Crippen LogP contribution in [0.1, 0.15) is 36.2 Å². The van der Waals surface area contributed by atoms with Gasteiger partial charge in [0.2, 0.25) is 0 Å². The summed E-state index contributed by atoms with van der Waals surface area (Å²) >= 11 is 3.24. The monoisotopic (exact) mass is 312 g/mol. The van der Waals surface area contributed by atoms with Gasteiger partial charge in [-0.2, -0.15) is 0 Å². The number of hydrogen-bond donors (Lipinski definition) is 0. The number of carbonyl (C=O) groups excluding carboxylic acids is 2. The average molecular weight is 313 g/mol. The van der Waals surface area contributed by atoms with Gasteiger partial charge in [0.25, 0.3) is 0 Å². The molecule has 0 aliphatic rings. The molecule has 0 unspecified atom stereocenters. The van der Waals surface area contributed by atoms with E-state index in [0.717, 1.165) is 5.56 Å². The quantitative estimate of drug-likeness (QED) is 0.476. The van der Waals surface area contributed by atoms with Crippen molar-refractivity contribution in [1.82, 2.24) is 0 Å². The molecule has 1 aromatic carbocycles. The van der Waals surface area contributed by atoms with E-state index >= 15 is 0 Å². The third kappa shape index (κ3) is 3.19. The molecule has 0 N–H and O–H groups in total. The van der Waals surface area contributed by atoms with Crippen molar-refractivity contribution in [2.24, 2.45) is 0 Å². The van der Waals surface area contributed by atoms with Crippen molar-refractivity contribution in [3.63, 3.8) is 0 Å². The molecule has 0 aliphatic carbocycles. The summed E-state index contributed by atoms with van der Waals surface area (Å²) in [6.07, 6.45) is 0.472. The lowest BCUT2D eigenvalue weighted by Crippen LogP contribution is -2.30. The molecule has 98 valence electrons. The summed E-state index contributed by atoms with van der Waals surface area (Å²) in [4.78, 5) is 23.3. The molecule has 0 amide bonds. The summed E-state index contributed by atoms with van der Waals surface area (Å²) < 4.78 is 4.77. The Morgan fingerprint density at radius 1 is 1.22 bits per heavy atom. The predicted molar refractivity (Wildman–Crippen MR) is 74.2 cm³/mol. The van der Waals surface area contributed by atoms with E-state index < -0.39 is 5.41 Å². The fourth-order valence-electron chi connectivity index (χ4n) is 1.68. The number of esters is 1. The second kappa shape index (κ2) is 6.14. The van der Waals surface area contributed by atoms with Crippen molar-refractivity contribution in [3.8, 4) is 0 Å². The number of Topliss-reactive ketones (excluding diaryl/α,β-unsaturated/α-hetero) is 1. The van der Waals surface area contributed by atoms with Gasteiger partial charge in [-0.15, -0.1) is 0 Å². The standard InChI is InChI=1S/C14H17BrO3/c1-14(2,13(17)18-3)11-6-4-10(5-7-11)12(16)8-9-15/h4-7H,8-9H2,1-3H3. The summed E-state index contributed by atoms with van der Waals surface area (Å²) in [7, 11) is 1.37. The minimum atomic E-state index is -0.703. The Hall–Kier alpha value is -1.16. The SMILES string of the molecule is COC(=O)C(C)(C)c1ccc(C(=O)CCBr)cc1. The van der Waals surface area contributed by atoms with Crippen LogP contribution in [0.2, 0.25) is 0 Å². The van der Waals surface area contributed by atoms with Crippen LogP contribution in [0.25, 0.3) is 0 Å². The van der Waals surface area contributed by atoms with Crippen LogP contribution in [0.5, 0.6) is 0 Å². The lowest BCUT2D eigenvalue weighted by Gasteiger charge is -2.22. The van der Waals surface area contributed by atoms with Gasteiger partial charge < -0.3 is 4.74 Å². The van der Waals surface area contributed by atoms with Crippen LogP contribution in [-0.2, 0) is 14.9 Å². The molecule has 4 heteroatoms. The van der Waals surface area contributed by atoms with Gasteiger partial charge >= 0.3 is 5.97 Å². The van der Waals surface area contributed by atoms with Gasteiger partial charge in [-0.05, 0) is 19.4 Å². The van der Waals surface area contributed by atoms with Gasteiger partial charge in [-0.1, -0.05) is 40.2 Å². The molecule has 0 aromatic heterocycles. The number of ketones is 1. The van der Waals surface area contributed by atoms with E-state index in [2.05, 4.69) is 15.9 Å². The van der Waals surface area contributed by atoms with Gasteiger partial charge in [-0.3, -0.25) is 9.59 Å². The summed E-state index contributed by atoms with van der Waals surface area (Å²) in [6, 6.07) is 7.12. The van der Waals surface area contributed by atoms with E-state index in [1.165, 1.54) is 7.11 Å². The molecule has 0 aliphatic heterocycles. The number of benzene rings is 1. The van der Waals surface area contributed by atoms with Crippen LogP contribution in [0, 0.1) is 0 Å². The topological polar surface area (TPSA) is 43.4 Å². The normalized spacial score (nSPS) is 11.1. The first-order valence-electron chi connectivity index (χ1n) is 5.71. The van der Waals surface area contributed by atoms with E-state index in [9.17, 15) is 9.59 Å². The Balaban J connectivity index is 2.95. The third-order valence-corrected chi connectivity index (χ3v) is 3.34. The Labute approximate surface area is 116 Å². The average Bonchev–Trinajstić information content (AvgIpc) is 2.38. The van der Waals surface area contributed by atoms with Crippen LogP contribution in [-0.4, -0.2) is 24.2 Å². The lowest BCUT2D eigenvalue weighted by atomic mass is 9.84. The zero-order valence-corrected chi connectivity index (χ0v) is 12.4. The van der Waals surface area contributed by atoms with Crippen LogP contribution >= 0.6 is 15.9 Å². The fourth-order valence-corrected chi connectivity index (χ4v) is 2.04. The van der Waals surface area contributed by atoms with Crippen LogP contribution in [0.15, 0.2) is 24.3 Å². The van der Waals surface area contributed by atoms with E-state index in [1.807, 2.05) is 0 Å². The summed E-state index contributed by atoms with van der Waals surface area (Å²) in [5, 5.41) is 0.654. The highest BCUT2D eigenvalue weighted by molar-refractivity contribution is 9.09. The first kappa shape index (κ1) is 14.9. The van der Waals surface area contributed by atoms with Crippen LogP contribution in [0.3, 0.4) is 0 Å². The Kier molecular flexibility index (Phi) is 5.08. The van der Waals surface area contributed by atoms with Crippen molar-refractivity contribution in [2.75, 3.05) is 12.4 Å². The third-order valence-electron chi connectivity index (χ3n) is 2.95. The van der Waals surface area contributed by atoms with Gasteiger partial charge in [-0.25, -0.2) is 0 Å². The maximum absolute atomic E-state index is 11.7.